The van der Waals surface area contributed by atoms with Gasteiger partial charge < -0.3 is 10.1 Å². The molecule has 1 aliphatic carbocycles. The number of methoxy groups -OCH3 is 1. The van der Waals surface area contributed by atoms with E-state index in [0.717, 1.165) is 28.9 Å². The Morgan fingerprint density at radius 3 is 3.00 bits per heavy atom. The Kier molecular flexibility index (Phi) is 3.87. The zero-order valence-electron chi connectivity index (χ0n) is 11.3. The van der Waals surface area contributed by atoms with E-state index < -0.39 is 0 Å². The molecule has 0 atom stereocenters. The maximum absolute atomic E-state index is 5.24. The van der Waals surface area contributed by atoms with Gasteiger partial charge in [0.15, 0.2) is 5.13 Å². The van der Waals surface area contributed by atoms with Gasteiger partial charge in [-0.1, -0.05) is 37.0 Å². The molecular formula is C15H20N2OS. The highest BCUT2D eigenvalue weighted by Crippen LogP contribution is 2.30. The average Bonchev–Trinajstić information content (AvgIpc) is 3.06. The molecule has 3 nitrogen and oxygen atoms in total. The third-order valence-corrected chi connectivity index (χ3v) is 4.88. The molecule has 0 unspecified atom stereocenters. The van der Waals surface area contributed by atoms with E-state index in [0.29, 0.717) is 0 Å². The molecule has 1 aromatic heterocycles. The largest absolute Gasteiger partial charge is 0.497 e. The van der Waals surface area contributed by atoms with Crippen LogP contribution in [0.1, 0.15) is 32.1 Å². The molecular weight excluding hydrogens is 256 g/mol. The second-order valence-electron chi connectivity index (χ2n) is 5.22. The number of hydrogen-bond donors (Lipinski definition) is 1. The lowest BCUT2D eigenvalue weighted by Gasteiger charge is -2.08. The number of fused-ring (bicyclic) bond motifs is 1. The normalized spacial score (nSPS) is 16.1. The highest BCUT2D eigenvalue weighted by molar-refractivity contribution is 7.22. The zero-order valence-corrected chi connectivity index (χ0v) is 12.1. The number of ether oxygens (including phenoxy) is 1. The molecule has 0 aliphatic heterocycles. The molecule has 1 aliphatic rings. The lowest BCUT2D eigenvalue weighted by Crippen LogP contribution is -2.06. The number of rotatable bonds is 5. The van der Waals surface area contributed by atoms with E-state index >= 15 is 0 Å². The highest BCUT2D eigenvalue weighted by Gasteiger charge is 2.14. The summed E-state index contributed by atoms with van der Waals surface area (Å²) >= 11 is 1.71. The van der Waals surface area contributed by atoms with Crippen LogP contribution >= 0.6 is 11.3 Å². The number of anilines is 1. The molecule has 0 amide bonds. The van der Waals surface area contributed by atoms with Crippen molar-refractivity contribution in [2.24, 2.45) is 5.92 Å². The van der Waals surface area contributed by atoms with E-state index in [4.69, 9.17) is 4.74 Å². The van der Waals surface area contributed by atoms with Crippen molar-refractivity contribution in [1.29, 1.82) is 0 Å². The second kappa shape index (κ2) is 5.78. The van der Waals surface area contributed by atoms with Gasteiger partial charge in [0.05, 0.1) is 17.3 Å². The Balaban J connectivity index is 1.61. The molecule has 0 spiro atoms. The first-order valence-corrected chi connectivity index (χ1v) is 7.85. The molecule has 4 heteroatoms. The van der Waals surface area contributed by atoms with Gasteiger partial charge in [0.1, 0.15) is 5.75 Å². The first-order valence-electron chi connectivity index (χ1n) is 7.03. The Bertz CT molecular complexity index is 546. The summed E-state index contributed by atoms with van der Waals surface area (Å²) in [6.45, 7) is 1.04. The van der Waals surface area contributed by atoms with Gasteiger partial charge >= 0.3 is 0 Å². The van der Waals surface area contributed by atoms with Crippen molar-refractivity contribution in [1.82, 2.24) is 4.98 Å². The summed E-state index contributed by atoms with van der Waals surface area (Å²) in [5.74, 6) is 1.83. The van der Waals surface area contributed by atoms with Crippen molar-refractivity contribution in [3.8, 4) is 5.75 Å². The molecule has 19 heavy (non-hydrogen) atoms. The van der Waals surface area contributed by atoms with Gasteiger partial charge in [0.25, 0.3) is 0 Å². The third-order valence-electron chi connectivity index (χ3n) is 3.90. The first-order chi connectivity index (χ1) is 9.35. The predicted octanol–water partition coefficient (Wildman–Crippen LogP) is 4.30. The highest BCUT2D eigenvalue weighted by atomic mass is 32.1. The van der Waals surface area contributed by atoms with E-state index in [9.17, 15) is 0 Å². The van der Waals surface area contributed by atoms with Crippen LogP contribution in [0.3, 0.4) is 0 Å². The molecule has 2 aromatic rings. The Morgan fingerprint density at radius 1 is 1.37 bits per heavy atom. The van der Waals surface area contributed by atoms with Crippen LogP contribution in [0.5, 0.6) is 5.75 Å². The van der Waals surface area contributed by atoms with Crippen LogP contribution in [0.4, 0.5) is 5.13 Å². The van der Waals surface area contributed by atoms with E-state index in [2.05, 4.69) is 16.4 Å². The van der Waals surface area contributed by atoms with Crippen molar-refractivity contribution in [2.75, 3.05) is 19.0 Å². The fourth-order valence-electron chi connectivity index (χ4n) is 2.79. The standard InChI is InChI=1S/C15H20N2OS/c1-18-12-6-7-13-14(10-12)19-15(17-13)16-9-8-11-4-2-3-5-11/h6-7,10-11H,2-5,8-9H2,1H3,(H,16,17). The van der Waals surface area contributed by atoms with Gasteiger partial charge in [0, 0.05) is 6.54 Å². The van der Waals surface area contributed by atoms with Crippen molar-refractivity contribution >= 4 is 26.7 Å². The van der Waals surface area contributed by atoms with Crippen LogP contribution in [0, 0.1) is 5.92 Å². The number of nitrogens with zero attached hydrogens (tertiary/aromatic N) is 1. The van der Waals surface area contributed by atoms with Crippen LogP contribution < -0.4 is 10.1 Å². The molecule has 0 saturated heterocycles. The zero-order chi connectivity index (χ0) is 13.1. The number of aromatic nitrogens is 1. The summed E-state index contributed by atoms with van der Waals surface area (Å²) in [5, 5.41) is 4.49. The van der Waals surface area contributed by atoms with Crippen LogP contribution in [0.15, 0.2) is 18.2 Å². The average molecular weight is 276 g/mol. The molecule has 1 N–H and O–H groups in total. The third kappa shape index (κ3) is 3.00. The summed E-state index contributed by atoms with van der Waals surface area (Å²) in [5.41, 5.74) is 1.05. The molecule has 0 radical (unpaired) electrons. The SMILES string of the molecule is COc1ccc2nc(NCCC3CCCC3)sc2c1. The minimum atomic E-state index is 0.897. The maximum atomic E-state index is 5.24. The lowest BCUT2D eigenvalue weighted by atomic mass is 10.0. The van der Waals surface area contributed by atoms with Crippen molar-refractivity contribution in [2.45, 2.75) is 32.1 Å². The molecule has 102 valence electrons. The fourth-order valence-corrected chi connectivity index (χ4v) is 3.71. The van der Waals surface area contributed by atoms with Crippen molar-refractivity contribution in [3.05, 3.63) is 18.2 Å². The molecule has 1 heterocycles. The number of nitrogens with one attached hydrogen (secondary N) is 1. The molecule has 1 aromatic carbocycles. The number of hydrogen-bond acceptors (Lipinski definition) is 4. The van der Waals surface area contributed by atoms with Crippen LogP contribution in [0.2, 0.25) is 0 Å². The summed E-state index contributed by atoms with van der Waals surface area (Å²) in [6.07, 6.45) is 6.95. The van der Waals surface area contributed by atoms with Gasteiger partial charge in [-0.3, -0.25) is 0 Å². The van der Waals surface area contributed by atoms with Gasteiger partial charge in [-0.05, 0) is 30.5 Å². The van der Waals surface area contributed by atoms with E-state index in [-0.39, 0.29) is 0 Å². The van der Waals surface area contributed by atoms with Gasteiger partial charge in [-0.15, -0.1) is 0 Å². The Labute approximate surface area is 118 Å². The lowest BCUT2D eigenvalue weighted by molar-refractivity contribution is 0.415. The molecule has 0 bridgehead atoms. The van der Waals surface area contributed by atoms with Gasteiger partial charge in [-0.2, -0.15) is 0 Å². The minimum absolute atomic E-state index is 0.897. The van der Waals surface area contributed by atoms with E-state index in [1.54, 1.807) is 18.4 Å². The fraction of sp³-hybridized carbons (Fsp3) is 0.533. The van der Waals surface area contributed by atoms with Crippen LogP contribution in [0.25, 0.3) is 10.2 Å². The van der Waals surface area contributed by atoms with E-state index in [1.807, 2.05) is 12.1 Å². The number of thiazole rings is 1. The minimum Gasteiger partial charge on any atom is -0.497 e. The van der Waals surface area contributed by atoms with Crippen LogP contribution in [-0.2, 0) is 0 Å². The first kappa shape index (κ1) is 12.7. The molecule has 3 rings (SSSR count). The van der Waals surface area contributed by atoms with Crippen molar-refractivity contribution < 1.29 is 4.74 Å². The summed E-state index contributed by atoms with van der Waals surface area (Å²) in [6, 6.07) is 6.03. The monoisotopic (exact) mass is 276 g/mol. The predicted molar refractivity (Wildman–Crippen MR) is 81.2 cm³/mol. The van der Waals surface area contributed by atoms with Gasteiger partial charge in [0.2, 0.25) is 0 Å². The maximum Gasteiger partial charge on any atom is 0.183 e. The smallest absolute Gasteiger partial charge is 0.183 e. The summed E-state index contributed by atoms with van der Waals surface area (Å²) in [7, 11) is 1.70. The Morgan fingerprint density at radius 2 is 2.21 bits per heavy atom. The van der Waals surface area contributed by atoms with Crippen molar-refractivity contribution in [3.63, 3.8) is 0 Å². The molecule has 1 fully saturated rings. The summed E-state index contributed by atoms with van der Waals surface area (Å²) in [4.78, 5) is 4.60. The van der Waals surface area contributed by atoms with E-state index in [1.165, 1.54) is 36.8 Å². The summed E-state index contributed by atoms with van der Waals surface area (Å²) < 4.78 is 6.42. The van der Waals surface area contributed by atoms with Crippen LogP contribution in [-0.4, -0.2) is 18.6 Å². The van der Waals surface area contributed by atoms with Gasteiger partial charge in [-0.25, -0.2) is 4.98 Å². The molecule has 1 saturated carbocycles. The second-order valence-corrected chi connectivity index (χ2v) is 6.25. The number of benzene rings is 1. The quantitative estimate of drug-likeness (QED) is 0.884. The Hall–Kier alpha value is -1.29. The topological polar surface area (TPSA) is 34.1 Å².